The minimum Gasteiger partial charge on any atom is -0.270 e. The second-order valence-electron chi connectivity index (χ2n) is 0.973. The highest BCUT2D eigenvalue weighted by Gasteiger charge is 1.97. The van der Waals surface area contributed by atoms with Crippen LogP contribution in [0.4, 0.5) is 0 Å². The van der Waals surface area contributed by atoms with Crippen LogP contribution in [0.2, 0.25) is 0 Å². The van der Waals surface area contributed by atoms with Gasteiger partial charge < -0.3 is 0 Å². The van der Waals surface area contributed by atoms with Gasteiger partial charge in [-0.2, -0.15) is 0 Å². The van der Waals surface area contributed by atoms with Crippen molar-refractivity contribution in [2.45, 2.75) is 0 Å². The van der Waals surface area contributed by atoms with Crippen molar-refractivity contribution in [2.75, 3.05) is 0 Å². The Morgan fingerprint density at radius 3 is 2.71 bits per heavy atom. The molecule has 3 nitrogen and oxygen atoms in total. The largest absolute Gasteiger partial charge is 0.280 e. The summed E-state index contributed by atoms with van der Waals surface area (Å²) in [6, 6.07) is 0. The molecule has 0 fully saturated rings. The topological polar surface area (TPSA) is 41.8 Å². The standard InChI is InChI=1S/C4H2N2O/c7-4-3-5-1-2-6-4/h1-2H. The zero-order chi connectivity index (χ0) is 5.11. The maximum absolute atomic E-state index is 10.0. The molecule has 0 N–H and O–H groups in total. The Balaban J connectivity index is 2.66. The van der Waals surface area contributed by atoms with Crippen LogP contribution in [-0.4, -0.2) is 18.3 Å². The van der Waals surface area contributed by atoms with E-state index in [-0.39, 0.29) is 0 Å². The van der Waals surface area contributed by atoms with Crippen LogP contribution in [0.1, 0.15) is 0 Å². The molecule has 3 heteroatoms. The number of hydrogen-bond donors (Lipinski definition) is 0. The molecule has 0 aromatic rings. The molecule has 1 aliphatic rings. The second kappa shape index (κ2) is 1.64. The van der Waals surface area contributed by atoms with Crippen molar-refractivity contribution in [1.82, 2.24) is 0 Å². The van der Waals surface area contributed by atoms with Gasteiger partial charge in [-0.15, -0.1) is 0 Å². The molecule has 1 amide bonds. The van der Waals surface area contributed by atoms with Crippen molar-refractivity contribution in [3.63, 3.8) is 0 Å². The lowest BCUT2D eigenvalue weighted by molar-refractivity contribution is -0.114. The molecule has 0 unspecified atom stereocenters. The minimum atomic E-state index is -0.414. The smallest absolute Gasteiger partial charge is 0.270 e. The maximum Gasteiger partial charge on any atom is 0.280 e. The first-order valence-corrected chi connectivity index (χ1v) is 1.75. The molecule has 34 valence electrons. The van der Waals surface area contributed by atoms with E-state index in [9.17, 15) is 4.79 Å². The number of rotatable bonds is 0. The fraction of sp³-hybridized carbons (Fsp3) is 0. The van der Waals surface area contributed by atoms with E-state index in [1.165, 1.54) is 12.4 Å². The predicted octanol–water partition coefficient (Wildman–Crippen LogP) is -0.293. The summed E-state index contributed by atoms with van der Waals surface area (Å²) in [5.41, 5.74) is 0. The van der Waals surface area contributed by atoms with Crippen LogP contribution >= 0.6 is 0 Å². The summed E-state index contributed by atoms with van der Waals surface area (Å²) in [6.07, 6.45) is 2.74. The molecule has 2 radical (unpaired) electrons. The van der Waals surface area contributed by atoms with Gasteiger partial charge in [-0.3, -0.25) is 9.79 Å². The third-order valence-corrected chi connectivity index (χ3v) is 0.493. The normalized spacial score (nSPS) is 18.0. The lowest BCUT2D eigenvalue weighted by Gasteiger charge is -1.86. The van der Waals surface area contributed by atoms with E-state index < -0.39 is 5.91 Å². The Morgan fingerprint density at radius 2 is 2.43 bits per heavy atom. The van der Waals surface area contributed by atoms with Crippen LogP contribution < -0.4 is 0 Å². The molecule has 1 rings (SSSR count). The average Bonchev–Trinajstić information content (AvgIpc) is 1.69. The van der Waals surface area contributed by atoms with Gasteiger partial charge >= 0.3 is 0 Å². The molecule has 0 aliphatic carbocycles. The first-order chi connectivity index (χ1) is 3.39. The first kappa shape index (κ1) is 4.18. The van der Waals surface area contributed by atoms with Crippen LogP contribution in [0.3, 0.4) is 0 Å². The summed E-state index contributed by atoms with van der Waals surface area (Å²) in [5, 5.41) is 0. The first-order valence-electron chi connectivity index (χ1n) is 1.75. The number of amides is 1. The minimum absolute atomic E-state index is 0.414. The molecule has 0 saturated carbocycles. The van der Waals surface area contributed by atoms with Crippen molar-refractivity contribution in [1.29, 1.82) is 0 Å². The molecule has 7 heavy (non-hydrogen) atoms. The summed E-state index contributed by atoms with van der Waals surface area (Å²) in [4.78, 5) is 16.7. The van der Waals surface area contributed by atoms with Crippen LogP contribution in [0.5, 0.6) is 0 Å². The average molecular weight is 94.1 g/mol. The third-order valence-electron chi connectivity index (χ3n) is 0.493. The fourth-order valence-electron chi connectivity index (χ4n) is 0.256. The predicted molar refractivity (Wildman–Crippen MR) is 25.2 cm³/mol. The molecule has 0 bridgehead atoms. The maximum atomic E-state index is 10.0. The van der Waals surface area contributed by atoms with Crippen molar-refractivity contribution in [3.05, 3.63) is 6.54 Å². The number of nitrogens with zero attached hydrogens (tertiary/aromatic N) is 2. The Bertz CT molecular complexity index is 137. The summed E-state index contributed by atoms with van der Waals surface area (Å²) < 4.78 is 0. The van der Waals surface area contributed by atoms with E-state index >= 15 is 0 Å². The highest BCUT2D eigenvalue weighted by Crippen LogP contribution is 1.85. The molecule has 0 spiro atoms. The summed E-state index contributed by atoms with van der Waals surface area (Å²) in [5.74, 6) is -0.414. The van der Waals surface area contributed by atoms with Gasteiger partial charge in [0.2, 0.25) is 6.54 Å². The summed E-state index contributed by atoms with van der Waals surface area (Å²) >= 11 is 0. The molecule has 1 aliphatic heterocycles. The van der Waals surface area contributed by atoms with Crippen LogP contribution in [0.25, 0.3) is 0 Å². The second-order valence-corrected chi connectivity index (χ2v) is 0.973. The quantitative estimate of drug-likeness (QED) is 0.406. The van der Waals surface area contributed by atoms with Gasteiger partial charge in [0, 0.05) is 12.4 Å². The van der Waals surface area contributed by atoms with Gasteiger partial charge in [-0.1, -0.05) is 0 Å². The van der Waals surface area contributed by atoms with E-state index in [4.69, 9.17) is 0 Å². The lowest BCUT2D eigenvalue weighted by atomic mass is 10.5. The van der Waals surface area contributed by atoms with E-state index in [1.807, 2.05) is 0 Å². The molecular formula is C4H2N2O. The number of aliphatic imine (C=N–C) groups is 2. The SMILES string of the molecule is O=C1[C]N=CC=N1. The summed E-state index contributed by atoms with van der Waals surface area (Å²) in [7, 11) is 0. The van der Waals surface area contributed by atoms with E-state index in [1.54, 1.807) is 0 Å². The molecule has 1 heterocycles. The van der Waals surface area contributed by atoms with Crippen molar-refractivity contribution < 1.29 is 4.79 Å². The number of hydrogen-bond acceptors (Lipinski definition) is 2. The Kier molecular flexibility index (Phi) is 0.978. The Hall–Kier alpha value is -0.990. The summed E-state index contributed by atoms with van der Waals surface area (Å²) in [6.45, 7) is 2.11. The van der Waals surface area contributed by atoms with Gasteiger partial charge in [0.1, 0.15) is 0 Å². The molecule has 0 aromatic heterocycles. The Labute approximate surface area is 40.8 Å². The highest BCUT2D eigenvalue weighted by atomic mass is 16.1. The van der Waals surface area contributed by atoms with Gasteiger partial charge in [0.15, 0.2) is 0 Å². The van der Waals surface area contributed by atoms with Gasteiger partial charge in [-0.05, 0) is 0 Å². The van der Waals surface area contributed by atoms with E-state index in [0.29, 0.717) is 0 Å². The van der Waals surface area contributed by atoms with Crippen molar-refractivity contribution >= 4 is 18.3 Å². The Morgan fingerprint density at radius 1 is 1.57 bits per heavy atom. The van der Waals surface area contributed by atoms with Crippen LogP contribution in [-0.2, 0) is 4.79 Å². The monoisotopic (exact) mass is 94.0 g/mol. The fourth-order valence-corrected chi connectivity index (χ4v) is 0.256. The zero-order valence-electron chi connectivity index (χ0n) is 3.46. The van der Waals surface area contributed by atoms with Gasteiger partial charge in [0.05, 0.1) is 0 Å². The van der Waals surface area contributed by atoms with E-state index in [2.05, 4.69) is 16.5 Å². The molecule has 0 atom stereocenters. The van der Waals surface area contributed by atoms with Crippen LogP contribution in [0.15, 0.2) is 9.98 Å². The zero-order valence-corrected chi connectivity index (χ0v) is 3.46. The number of carbonyl (C=O) groups excluding carboxylic acids is 1. The molecule has 0 aromatic carbocycles. The molecule has 0 saturated heterocycles. The molecular weight excluding hydrogens is 92.1 g/mol. The number of carbonyl (C=O) groups is 1. The lowest BCUT2D eigenvalue weighted by Crippen LogP contribution is -1.97. The highest BCUT2D eigenvalue weighted by molar-refractivity contribution is 6.21. The van der Waals surface area contributed by atoms with Crippen LogP contribution in [0, 0.1) is 6.54 Å². The third kappa shape index (κ3) is 0.924. The van der Waals surface area contributed by atoms with Gasteiger partial charge in [0.25, 0.3) is 5.91 Å². The van der Waals surface area contributed by atoms with Gasteiger partial charge in [-0.25, -0.2) is 4.99 Å². The van der Waals surface area contributed by atoms with Crippen molar-refractivity contribution in [3.8, 4) is 0 Å². The van der Waals surface area contributed by atoms with E-state index in [0.717, 1.165) is 0 Å². The van der Waals surface area contributed by atoms with Crippen molar-refractivity contribution in [2.24, 2.45) is 9.98 Å².